The molecule has 3 aliphatic heterocycles. The average molecular weight is 713 g/mol. The summed E-state index contributed by atoms with van der Waals surface area (Å²) in [5.74, 6) is 0. The highest BCUT2D eigenvalue weighted by molar-refractivity contribution is 7.79. The van der Waals surface area contributed by atoms with Crippen LogP contribution in [0.15, 0.2) is 0 Å². The summed E-state index contributed by atoms with van der Waals surface area (Å²) in [5.41, 5.74) is 35.6. The number of aliphatic hydroxyl groups excluding tert-OH is 7. The van der Waals surface area contributed by atoms with Crippen LogP contribution in [0.3, 0.4) is 0 Å². The summed E-state index contributed by atoms with van der Waals surface area (Å²) in [6.45, 7) is -0.967. The first-order valence-electron chi connectivity index (χ1n) is 14.6. The van der Waals surface area contributed by atoms with E-state index in [-0.39, 0.29) is 19.5 Å². The van der Waals surface area contributed by atoms with Gasteiger partial charge in [0.25, 0.3) is 0 Å². The number of aliphatic hydroxyl groups is 7. The van der Waals surface area contributed by atoms with Crippen LogP contribution in [-0.2, 0) is 38.8 Å². The fourth-order valence-electron chi connectivity index (χ4n) is 5.74. The van der Waals surface area contributed by atoms with Gasteiger partial charge < -0.3 is 98.6 Å². The molecule has 47 heavy (non-hydrogen) atoms. The Kier molecular flexibility index (Phi) is 14.6. The van der Waals surface area contributed by atoms with Gasteiger partial charge >= 0.3 is 10.4 Å². The normalized spacial score (nSPS) is 49.3. The highest BCUT2D eigenvalue weighted by Gasteiger charge is 2.54. The maximum absolute atomic E-state index is 11.1. The van der Waals surface area contributed by atoms with E-state index < -0.39 is 133 Å². The van der Waals surface area contributed by atoms with Crippen LogP contribution in [0.25, 0.3) is 0 Å². The van der Waals surface area contributed by atoms with E-state index in [0.29, 0.717) is 0 Å². The van der Waals surface area contributed by atoms with Crippen molar-refractivity contribution in [3.05, 3.63) is 0 Å². The summed E-state index contributed by atoms with van der Waals surface area (Å²) < 4.78 is 66.2. The third-order valence-corrected chi connectivity index (χ3v) is 8.37. The first-order chi connectivity index (χ1) is 21.8. The molecule has 1 aliphatic carbocycles. The van der Waals surface area contributed by atoms with E-state index in [2.05, 4.69) is 0 Å². The van der Waals surface area contributed by atoms with E-state index in [1.807, 2.05) is 0 Å². The summed E-state index contributed by atoms with van der Waals surface area (Å²) in [7, 11) is -4.67. The summed E-state index contributed by atoms with van der Waals surface area (Å²) in [4.78, 5) is 0. The molecule has 4 aliphatic rings. The van der Waals surface area contributed by atoms with Crippen molar-refractivity contribution in [2.45, 2.75) is 123 Å². The van der Waals surface area contributed by atoms with E-state index in [1.54, 1.807) is 0 Å². The third kappa shape index (κ3) is 9.67. The summed E-state index contributed by atoms with van der Waals surface area (Å²) in [6.07, 6.45) is -19.8. The molecule has 0 amide bonds. The first kappa shape index (κ1) is 40.5. The lowest BCUT2D eigenvalue weighted by molar-refractivity contribution is -0.306. The van der Waals surface area contributed by atoms with Gasteiger partial charge in [-0.2, -0.15) is 8.42 Å². The molecule has 3 heterocycles. The molecule has 3 saturated heterocycles. The molecule has 23 nitrogen and oxygen atoms in total. The van der Waals surface area contributed by atoms with Gasteiger partial charge in [0.15, 0.2) is 18.9 Å². The molecule has 4 rings (SSSR count). The van der Waals surface area contributed by atoms with Gasteiger partial charge in [-0.15, -0.1) is 0 Å². The Morgan fingerprint density at radius 3 is 1.40 bits per heavy atom. The van der Waals surface area contributed by atoms with Gasteiger partial charge in [0.1, 0.15) is 67.1 Å². The molecule has 0 aromatic heterocycles. The van der Waals surface area contributed by atoms with Gasteiger partial charge in [-0.3, -0.25) is 9.11 Å². The lowest BCUT2D eigenvalue weighted by Gasteiger charge is -2.47. The van der Waals surface area contributed by atoms with Crippen LogP contribution in [-0.4, -0.2) is 189 Å². The van der Waals surface area contributed by atoms with E-state index in [9.17, 15) is 35.7 Å². The molecule has 0 aromatic carbocycles. The van der Waals surface area contributed by atoms with Crippen molar-refractivity contribution in [1.82, 2.24) is 0 Å². The summed E-state index contributed by atoms with van der Waals surface area (Å²) >= 11 is 0. The lowest BCUT2D eigenvalue weighted by Crippen LogP contribution is -2.68. The maximum atomic E-state index is 11.1. The molecule has 0 radical (unpaired) electrons. The molecular formula is C23H48N6O17S. The molecule has 0 bridgehead atoms. The second-order valence-electron chi connectivity index (χ2n) is 11.7. The van der Waals surface area contributed by atoms with Crippen molar-refractivity contribution in [1.29, 1.82) is 0 Å². The van der Waals surface area contributed by atoms with Crippen LogP contribution in [0.4, 0.5) is 0 Å². The second-order valence-corrected chi connectivity index (χ2v) is 12.6. The number of hydrogen-bond donors (Lipinski definition) is 15. The van der Waals surface area contributed by atoms with Gasteiger partial charge in [0, 0.05) is 25.2 Å². The van der Waals surface area contributed by atoms with E-state index in [4.69, 9.17) is 80.3 Å². The molecule has 19 atom stereocenters. The zero-order valence-corrected chi connectivity index (χ0v) is 25.8. The predicted octanol–water partition coefficient (Wildman–Crippen LogP) is -9.55. The van der Waals surface area contributed by atoms with Crippen molar-refractivity contribution in [3.8, 4) is 0 Å². The molecule has 278 valence electrons. The smallest absolute Gasteiger partial charge is 0.394 e. The molecule has 0 unspecified atom stereocenters. The van der Waals surface area contributed by atoms with Crippen LogP contribution in [0, 0.1) is 0 Å². The molecule has 24 heteroatoms. The van der Waals surface area contributed by atoms with Gasteiger partial charge in [0.05, 0.1) is 24.8 Å². The number of nitrogens with two attached hydrogens (primary N) is 6. The predicted molar refractivity (Wildman–Crippen MR) is 153 cm³/mol. The summed E-state index contributed by atoms with van der Waals surface area (Å²) in [6, 6.07) is -4.18. The Labute approximate surface area is 269 Å². The van der Waals surface area contributed by atoms with E-state index >= 15 is 0 Å². The van der Waals surface area contributed by atoms with E-state index in [0.717, 1.165) is 0 Å². The fraction of sp³-hybridized carbons (Fsp3) is 1.00. The number of rotatable bonds is 9. The molecule has 0 spiro atoms. The molecule has 21 N–H and O–H groups in total. The Bertz CT molecular complexity index is 1080. The lowest BCUT2D eigenvalue weighted by atomic mass is 9.84. The SMILES string of the molecule is NC[C@@H]1O[C@@H](O[C@@H]2[C@@H](O[C@H]3O[C@@H](CO)[C@H](O[C@@H]4O[C@H](CN)[C@@H](O)[C@@H](O)[C@@H]4N)[C@@H]3O)[C@@H](O)[C@H](N)C[C@H]2N)[C@@H](N)[C@H](O)[C@@H]1O.O=S(=O)(O)O. The Morgan fingerprint density at radius 1 is 0.574 bits per heavy atom. The van der Waals surface area contributed by atoms with Crippen LogP contribution < -0.4 is 34.4 Å². The number of ether oxygens (including phenoxy) is 6. The van der Waals surface area contributed by atoms with Crippen LogP contribution in [0.5, 0.6) is 0 Å². The van der Waals surface area contributed by atoms with Crippen molar-refractivity contribution in [2.75, 3.05) is 19.7 Å². The van der Waals surface area contributed by atoms with Crippen LogP contribution in [0.2, 0.25) is 0 Å². The maximum Gasteiger partial charge on any atom is 0.394 e. The minimum absolute atomic E-state index is 0.0889. The minimum Gasteiger partial charge on any atom is -0.394 e. The zero-order chi connectivity index (χ0) is 35.5. The average Bonchev–Trinajstić information content (AvgIpc) is 3.30. The largest absolute Gasteiger partial charge is 0.394 e. The molecule has 0 aromatic rings. The minimum atomic E-state index is -4.67. The van der Waals surface area contributed by atoms with Crippen molar-refractivity contribution >= 4 is 10.4 Å². The quantitative estimate of drug-likeness (QED) is 0.0986. The molecule has 4 fully saturated rings. The Hall–Kier alpha value is -0.890. The Balaban J connectivity index is 0.00000111. The van der Waals surface area contributed by atoms with Crippen LogP contribution >= 0.6 is 0 Å². The van der Waals surface area contributed by atoms with Gasteiger partial charge in [0.2, 0.25) is 0 Å². The van der Waals surface area contributed by atoms with E-state index in [1.165, 1.54) is 0 Å². The highest BCUT2D eigenvalue weighted by atomic mass is 32.3. The third-order valence-electron chi connectivity index (χ3n) is 8.37. The summed E-state index contributed by atoms with van der Waals surface area (Å²) in [5, 5.41) is 73.0. The fourth-order valence-corrected chi connectivity index (χ4v) is 5.74. The standard InChI is InChI=1S/C23H46N6O13.H2O4S/c24-2-7-13(32)15(34)10(28)21(37-7)40-18-6(27)1-5(26)12(31)20(18)42-23-17(36)19(9(4-30)39-23)41-22-11(29)16(35)14(33)8(3-25)38-22;1-5(2,3)4/h5-23,30-36H,1-4,24-29H2;(H2,1,2,3,4)/t5-,6-,7+,8-,9+,10+,11+,12+,13-,14-,15+,16+,17+,18+,19+,20+,21+,22+,23-;/m1./s1. The van der Waals surface area contributed by atoms with Gasteiger partial charge in [-0.1, -0.05) is 0 Å². The van der Waals surface area contributed by atoms with Crippen molar-refractivity contribution in [3.63, 3.8) is 0 Å². The molecule has 1 saturated carbocycles. The number of hydrogen-bond acceptors (Lipinski definition) is 21. The highest BCUT2D eigenvalue weighted by Crippen LogP contribution is 2.34. The van der Waals surface area contributed by atoms with Crippen molar-refractivity contribution in [2.24, 2.45) is 34.4 Å². The monoisotopic (exact) mass is 712 g/mol. The Morgan fingerprint density at radius 2 is 0.979 bits per heavy atom. The zero-order valence-electron chi connectivity index (χ0n) is 25.0. The van der Waals surface area contributed by atoms with Gasteiger partial charge in [-0.05, 0) is 6.42 Å². The van der Waals surface area contributed by atoms with Crippen LogP contribution in [0.1, 0.15) is 6.42 Å². The van der Waals surface area contributed by atoms with Gasteiger partial charge in [-0.25, -0.2) is 0 Å². The second kappa shape index (κ2) is 16.9. The topological polar surface area (TPSA) is 428 Å². The van der Waals surface area contributed by atoms with Crippen molar-refractivity contribution < 1.29 is 81.7 Å². The first-order valence-corrected chi connectivity index (χ1v) is 16.0. The molecular weight excluding hydrogens is 664 g/mol.